The Morgan fingerprint density at radius 3 is 2.42 bits per heavy atom. The molecule has 0 radical (unpaired) electrons. The van der Waals surface area contributed by atoms with Crippen LogP contribution in [-0.4, -0.2) is 66.5 Å². The maximum Gasteiger partial charge on any atom is 0.259 e. The lowest BCUT2D eigenvalue weighted by Crippen LogP contribution is -2.49. The second-order valence-corrected chi connectivity index (χ2v) is 6.19. The average molecular weight is 352 g/mol. The van der Waals surface area contributed by atoms with E-state index in [1.54, 1.807) is 34.0 Å². The Kier molecular flexibility index (Phi) is 4.11. The number of carbonyl (C=O) groups excluding carboxylic acids is 1. The van der Waals surface area contributed by atoms with Gasteiger partial charge < -0.3 is 9.80 Å². The first-order valence-electron chi connectivity index (χ1n) is 8.50. The minimum absolute atomic E-state index is 0.0188. The van der Waals surface area contributed by atoms with Crippen LogP contribution in [0.1, 0.15) is 16.1 Å². The number of aromatic nitrogens is 6. The molecule has 0 bridgehead atoms. The van der Waals surface area contributed by atoms with Gasteiger partial charge in [-0.2, -0.15) is 10.2 Å². The molecule has 1 fully saturated rings. The predicted octanol–water partition coefficient (Wildman–Crippen LogP) is 0.667. The number of hydrogen-bond acceptors (Lipinski definition) is 6. The summed E-state index contributed by atoms with van der Waals surface area (Å²) in [6.45, 7) is 4.49. The molecule has 0 spiro atoms. The van der Waals surface area contributed by atoms with Crippen LogP contribution in [0.3, 0.4) is 0 Å². The molecule has 3 aromatic heterocycles. The van der Waals surface area contributed by atoms with Gasteiger partial charge >= 0.3 is 0 Å². The number of rotatable bonds is 3. The Balaban J connectivity index is 1.55. The van der Waals surface area contributed by atoms with Gasteiger partial charge in [-0.25, -0.2) is 19.3 Å². The zero-order chi connectivity index (χ0) is 18.1. The lowest BCUT2D eigenvalue weighted by Gasteiger charge is -2.34. The van der Waals surface area contributed by atoms with Gasteiger partial charge in [0, 0.05) is 58.0 Å². The highest BCUT2D eigenvalue weighted by Gasteiger charge is 2.29. The first kappa shape index (κ1) is 16.2. The molecule has 1 aliphatic rings. The number of carbonyl (C=O) groups is 1. The van der Waals surface area contributed by atoms with Gasteiger partial charge in [-0.3, -0.25) is 4.79 Å². The van der Waals surface area contributed by atoms with E-state index in [2.05, 4.69) is 25.1 Å². The number of hydrogen-bond donors (Lipinski definition) is 0. The Bertz CT molecular complexity index is 895. The zero-order valence-electron chi connectivity index (χ0n) is 14.8. The molecule has 3 aromatic rings. The van der Waals surface area contributed by atoms with E-state index in [-0.39, 0.29) is 5.91 Å². The minimum atomic E-state index is -0.0188. The third-order valence-corrected chi connectivity index (χ3v) is 4.53. The maximum absolute atomic E-state index is 13.2. The minimum Gasteiger partial charge on any atom is -0.337 e. The van der Waals surface area contributed by atoms with Crippen LogP contribution in [0.5, 0.6) is 0 Å². The summed E-state index contributed by atoms with van der Waals surface area (Å²) in [6, 6.07) is 3.63. The highest BCUT2D eigenvalue weighted by Crippen LogP contribution is 2.21. The molecule has 26 heavy (non-hydrogen) atoms. The molecule has 0 aliphatic carbocycles. The Labute approximate surface area is 150 Å². The standard InChI is InChI=1S/C17H20N8O/c1-13-14(15(22(2)21-13)25-8-4-7-20-25)16(26)23-9-11-24(12-10-23)17-18-5-3-6-19-17/h3-8H,9-12H2,1-2H3. The van der Waals surface area contributed by atoms with E-state index < -0.39 is 0 Å². The molecule has 0 unspecified atom stereocenters. The number of nitrogens with zero attached hydrogens (tertiary/aromatic N) is 8. The molecule has 4 heterocycles. The summed E-state index contributed by atoms with van der Waals surface area (Å²) in [6.07, 6.45) is 6.97. The molecule has 0 atom stereocenters. The van der Waals surface area contributed by atoms with Crippen LogP contribution in [0.4, 0.5) is 5.95 Å². The van der Waals surface area contributed by atoms with E-state index in [4.69, 9.17) is 0 Å². The fraction of sp³-hybridized carbons (Fsp3) is 0.353. The number of anilines is 1. The molecule has 1 amide bonds. The second-order valence-electron chi connectivity index (χ2n) is 6.19. The maximum atomic E-state index is 13.2. The highest BCUT2D eigenvalue weighted by molar-refractivity contribution is 5.98. The molecule has 134 valence electrons. The monoisotopic (exact) mass is 352 g/mol. The third kappa shape index (κ3) is 2.81. The van der Waals surface area contributed by atoms with Crippen molar-refractivity contribution in [3.05, 3.63) is 48.2 Å². The van der Waals surface area contributed by atoms with Crippen molar-refractivity contribution in [1.82, 2.24) is 34.4 Å². The molecule has 0 N–H and O–H groups in total. The van der Waals surface area contributed by atoms with Gasteiger partial charge in [0.15, 0.2) is 5.82 Å². The van der Waals surface area contributed by atoms with Crippen LogP contribution in [-0.2, 0) is 7.05 Å². The quantitative estimate of drug-likeness (QED) is 0.689. The smallest absolute Gasteiger partial charge is 0.259 e. The topological polar surface area (TPSA) is 85.0 Å². The van der Waals surface area contributed by atoms with Crippen molar-refractivity contribution < 1.29 is 4.79 Å². The molecule has 0 saturated carbocycles. The Morgan fingerprint density at radius 1 is 1.04 bits per heavy atom. The molecular weight excluding hydrogens is 332 g/mol. The van der Waals surface area contributed by atoms with E-state index in [0.29, 0.717) is 49.2 Å². The molecule has 1 saturated heterocycles. The number of aryl methyl sites for hydroxylation is 2. The van der Waals surface area contributed by atoms with Gasteiger partial charge in [0.25, 0.3) is 5.91 Å². The largest absolute Gasteiger partial charge is 0.337 e. The summed E-state index contributed by atoms with van der Waals surface area (Å²) in [5.41, 5.74) is 1.30. The lowest BCUT2D eigenvalue weighted by molar-refractivity contribution is 0.0745. The summed E-state index contributed by atoms with van der Waals surface area (Å²) in [5, 5.41) is 8.68. The van der Waals surface area contributed by atoms with Crippen molar-refractivity contribution >= 4 is 11.9 Å². The van der Waals surface area contributed by atoms with Gasteiger partial charge in [-0.15, -0.1) is 0 Å². The Morgan fingerprint density at radius 2 is 1.77 bits per heavy atom. The summed E-state index contributed by atoms with van der Waals surface area (Å²) in [4.78, 5) is 25.7. The first-order chi connectivity index (χ1) is 12.6. The molecule has 1 aliphatic heterocycles. The first-order valence-corrected chi connectivity index (χ1v) is 8.50. The van der Waals surface area contributed by atoms with E-state index in [1.807, 2.05) is 31.1 Å². The second kappa shape index (κ2) is 6.58. The SMILES string of the molecule is Cc1nn(C)c(-n2cccn2)c1C(=O)N1CCN(c2ncccn2)CC1. The summed E-state index contributed by atoms with van der Waals surface area (Å²) in [5.74, 6) is 1.37. The van der Waals surface area contributed by atoms with Gasteiger partial charge in [0.1, 0.15) is 5.56 Å². The lowest BCUT2D eigenvalue weighted by atomic mass is 10.2. The zero-order valence-corrected chi connectivity index (χ0v) is 14.8. The van der Waals surface area contributed by atoms with E-state index >= 15 is 0 Å². The van der Waals surface area contributed by atoms with E-state index in [1.165, 1.54) is 0 Å². The van der Waals surface area contributed by atoms with Crippen LogP contribution >= 0.6 is 0 Å². The fourth-order valence-corrected chi connectivity index (χ4v) is 3.28. The van der Waals surface area contributed by atoms with Crippen molar-refractivity contribution in [3.63, 3.8) is 0 Å². The van der Waals surface area contributed by atoms with Crippen molar-refractivity contribution in [2.45, 2.75) is 6.92 Å². The molecule has 9 nitrogen and oxygen atoms in total. The average Bonchev–Trinajstić information content (AvgIpc) is 3.29. The molecular formula is C17H20N8O. The molecule has 4 rings (SSSR count). The van der Waals surface area contributed by atoms with Gasteiger partial charge in [0.05, 0.1) is 5.69 Å². The summed E-state index contributed by atoms with van der Waals surface area (Å²) >= 11 is 0. The van der Waals surface area contributed by atoms with Gasteiger partial charge in [-0.1, -0.05) is 0 Å². The fourth-order valence-electron chi connectivity index (χ4n) is 3.28. The number of piperazine rings is 1. The van der Waals surface area contributed by atoms with Crippen LogP contribution < -0.4 is 4.90 Å². The highest BCUT2D eigenvalue weighted by atomic mass is 16.2. The van der Waals surface area contributed by atoms with Crippen LogP contribution in [0.2, 0.25) is 0 Å². The van der Waals surface area contributed by atoms with Crippen LogP contribution in [0, 0.1) is 6.92 Å². The summed E-state index contributed by atoms with van der Waals surface area (Å²) in [7, 11) is 1.82. The van der Waals surface area contributed by atoms with Crippen molar-refractivity contribution in [2.75, 3.05) is 31.1 Å². The Hall–Kier alpha value is -3.23. The third-order valence-electron chi connectivity index (χ3n) is 4.53. The van der Waals surface area contributed by atoms with E-state index in [0.717, 1.165) is 0 Å². The predicted molar refractivity (Wildman–Crippen MR) is 95.2 cm³/mol. The van der Waals surface area contributed by atoms with Gasteiger partial charge in [-0.05, 0) is 19.1 Å². The summed E-state index contributed by atoms with van der Waals surface area (Å²) < 4.78 is 3.38. The normalized spacial score (nSPS) is 14.7. The van der Waals surface area contributed by atoms with Crippen LogP contribution in [0.25, 0.3) is 5.82 Å². The van der Waals surface area contributed by atoms with Crippen molar-refractivity contribution in [1.29, 1.82) is 0 Å². The van der Waals surface area contributed by atoms with Crippen LogP contribution in [0.15, 0.2) is 36.9 Å². The van der Waals surface area contributed by atoms with Crippen molar-refractivity contribution in [3.8, 4) is 5.82 Å². The van der Waals surface area contributed by atoms with Crippen molar-refractivity contribution in [2.24, 2.45) is 7.05 Å². The van der Waals surface area contributed by atoms with Gasteiger partial charge in [0.2, 0.25) is 5.95 Å². The van der Waals surface area contributed by atoms with E-state index in [9.17, 15) is 4.79 Å². The number of amides is 1. The molecule has 0 aromatic carbocycles. The molecule has 9 heteroatoms.